The van der Waals surface area contributed by atoms with Crippen LogP contribution in [0.5, 0.6) is 0 Å². The lowest BCUT2D eigenvalue weighted by molar-refractivity contribution is 0.752. The molecule has 0 radical (unpaired) electrons. The van der Waals surface area contributed by atoms with Gasteiger partial charge in [0.1, 0.15) is 0 Å². The lowest BCUT2D eigenvalue weighted by atomic mass is 10.3. The molecule has 15 heavy (non-hydrogen) atoms. The minimum Gasteiger partial charge on any atom is -0.396 e. The van der Waals surface area contributed by atoms with Gasteiger partial charge in [0.2, 0.25) is 0 Å². The Morgan fingerprint density at radius 2 is 2.33 bits per heavy atom. The molecule has 0 saturated heterocycles. The van der Waals surface area contributed by atoms with Crippen LogP contribution in [0.15, 0.2) is 16.7 Å². The van der Waals surface area contributed by atoms with E-state index in [0.717, 1.165) is 28.9 Å². The van der Waals surface area contributed by atoms with E-state index >= 15 is 0 Å². The molecular weight excluding hydrogens is 254 g/mol. The second-order valence-electron chi connectivity index (χ2n) is 3.99. The second kappa shape index (κ2) is 4.39. The molecular formula is C11H16BrN3. The molecule has 0 spiro atoms. The third-order valence-corrected chi connectivity index (χ3v) is 3.02. The Balaban J connectivity index is 2.24. The molecule has 0 aliphatic heterocycles. The van der Waals surface area contributed by atoms with E-state index in [1.54, 1.807) is 0 Å². The van der Waals surface area contributed by atoms with Crippen molar-refractivity contribution in [2.24, 2.45) is 0 Å². The summed E-state index contributed by atoms with van der Waals surface area (Å²) in [7, 11) is 0. The quantitative estimate of drug-likeness (QED) is 0.914. The van der Waals surface area contributed by atoms with Crippen LogP contribution in [0.1, 0.15) is 26.2 Å². The number of hydrogen-bond acceptors (Lipinski definition) is 3. The van der Waals surface area contributed by atoms with Gasteiger partial charge in [-0.1, -0.05) is 6.92 Å². The van der Waals surface area contributed by atoms with Gasteiger partial charge in [0.25, 0.3) is 0 Å². The maximum absolute atomic E-state index is 5.98. The highest BCUT2D eigenvalue weighted by molar-refractivity contribution is 9.10. The number of pyridine rings is 1. The summed E-state index contributed by atoms with van der Waals surface area (Å²) in [6, 6.07) is 2.59. The molecule has 82 valence electrons. The van der Waals surface area contributed by atoms with Crippen molar-refractivity contribution in [2.45, 2.75) is 32.2 Å². The van der Waals surface area contributed by atoms with E-state index in [9.17, 15) is 0 Å². The van der Waals surface area contributed by atoms with Crippen LogP contribution in [0.4, 0.5) is 11.5 Å². The average Bonchev–Trinajstić information content (AvgIpc) is 2.98. The van der Waals surface area contributed by atoms with E-state index in [1.807, 2.05) is 12.3 Å². The average molecular weight is 270 g/mol. The van der Waals surface area contributed by atoms with Gasteiger partial charge in [-0.25, -0.2) is 4.98 Å². The van der Waals surface area contributed by atoms with Gasteiger partial charge >= 0.3 is 0 Å². The van der Waals surface area contributed by atoms with Crippen LogP contribution in [0.2, 0.25) is 0 Å². The first-order valence-electron chi connectivity index (χ1n) is 5.40. The van der Waals surface area contributed by atoms with E-state index in [4.69, 9.17) is 5.73 Å². The fraction of sp³-hybridized carbons (Fsp3) is 0.545. The minimum atomic E-state index is 0.668. The Morgan fingerprint density at radius 1 is 1.60 bits per heavy atom. The number of rotatable bonds is 4. The first-order valence-corrected chi connectivity index (χ1v) is 6.19. The summed E-state index contributed by atoms with van der Waals surface area (Å²) in [5.74, 6) is 0.947. The smallest absolute Gasteiger partial charge is 0.152 e. The number of halogens is 1. The van der Waals surface area contributed by atoms with Crippen molar-refractivity contribution in [3.05, 3.63) is 16.7 Å². The van der Waals surface area contributed by atoms with Gasteiger partial charge < -0.3 is 10.6 Å². The second-order valence-corrected chi connectivity index (χ2v) is 4.91. The van der Waals surface area contributed by atoms with E-state index in [0.29, 0.717) is 6.04 Å². The maximum Gasteiger partial charge on any atom is 0.152 e. The predicted molar refractivity (Wildman–Crippen MR) is 67.0 cm³/mol. The zero-order valence-corrected chi connectivity index (χ0v) is 10.5. The van der Waals surface area contributed by atoms with Crippen molar-refractivity contribution in [3.8, 4) is 0 Å². The monoisotopic (exact) mass is 269 g/mol. The Bertz CT molecular complexity index is 350. The number of nitrogen functional groups attached to an aromatic ring is 1. The molecule has 0 atom stereocenters. The first-order chi connectivity index (χ1) is 7.22. The highest BCUT2D eigenvalue weighted by Gasteiger charge is 2.30. The molecule has 1 aromatic rings. The molecule has 1 heterocycles. The minimum absolute atomic E-state index is 0.668. The van der Waals surface area contributed by atoms with Gasteiger partial charge in [0, 0.05) is 23.3 Å². The molecule has 0 bridgehead atoms. The molecule has 0 unspecified atom stereocenters. The normalized spacial score (nSPS) is 15.3. The lowest BCUT2D eigenvalue weighted by Gasteiger charge is -2.24. The maximum atomic E-state index is 5.98. The van der Waals surface area contributed by atoms with Crippen molar-refractivity contribution in [1.29, 1.82) is 0 Å². The van der Waals surface area contributed by atoms with E-state index in [-0.39, 0.29) is 0 Å². The third-order valence-electron chi connectivity index (χ3n) is 2.59. The predicted octanol–water partition coefficient (Wildman–Crippen LogP) is 2.81. The summed E-state index contributed by atoms with van der Waals surface area (Å²) in [5, 5.41) is 0. The summed E-state index contributed by atoms with van der Waals surface area (Å²) in [4.78, 5) is 6.75. The fourth-order valence-corrected chi connectivity index (χ4v) is 2.13. The van der Waals surface area contributed by atoms with E-state index < -0.39 is 0 Å². The van der Waals surface area contributed by atoms with Gasteiger partial charge in [0.15, 0.2) is 5.82 Å². The van der Waals surface area contributed by atoms with Crippen LogP contribution >= 0.6 is 15.9 Å². The zero-order chi connectivity index (χ0) is 10.8. The number of aromatic nitrogens is 1. The van der Waals surface area contributed by atoms with E-state index in [2.05, 4.69) is 32.7 Å². The highest BCUT2D eigenvalue weighted by Crippen LogP contribution is 2.34. The first kappa shape index (κ1) is 10.7. The molecule has 2 rings (SSSR count). The molecule has 4 heteroatoms. The van der Waals surface area contributed by atoms with Crippen LogP contribution in [0, 0.1) is 0 Å². The van der Waals surface area contributed by atoms with Crippen LogP contribution < -0.4 is 10.6 Å². The third kappa shape index (κ3) is 2.43. The molecule has 1 saturated carbocycles. The van der Waals surface area contributed by atoms with E-state index in [1.165, 1.54) is 12.8 Å². The van der Waals surface area contributed by atoms with Crippen LogP contribution in [0.25, 0.3) is 0 Å². The number of nitrogens with zero attached hydrogens (tertiary/aromatic N) is 2. The van der Waals surface area contributed by atoms with Gasteiger partial charge in [-0.3, -0.25) is 0 Å². The summed E-state index contributed by atoms with van der Waals surface area (Å²) in [6.07, 6.45) is 5.50. The molecule has 0 aromatic carbocycles. The topological polar surface area (TPSA) is 42.2 Å². The Labute approximate surface area is 98.8 Å². The number of anilines is 2. The lowest BCUT2D eigenvalue weighted by Crippen LogP contribution is -2.28. The largest absolute Gasteiger partial charge is 0.396 e. The summed E-state index contributed by atoms with van der Waals surface area (Å²) < 4.78 is 0.941. The van der Waals surface area contributed by atoms with Crippen LogP contribution in [0.3, 0.4) is 0 Å². The summed E-state index contributed by atoms with van der Waals surface area (Å²) >= 11 is 3.38. The molecule has 1 aliphatic carbocycles. The fourth-order valence-electron chi connectivity index (χ4n) is 1.78. The number of hydrogen-bond donors (Lipinski definition) is 1. The van der Waals surface area contributed by atoms with Gasteiger partial charge in [-0.2, -0.15) is 0 Å². The van der Waals surface area contributed by atoms with Crippen molar-refractivity contribution in [3.63, 3.8) is 0 Å². The van der Waals surface area contributed by atoms with Crippen molar-refractivity contribution in [1.82, 2.24) is 4.98 Å². The number of nitrogens with two attached hydrogens (primary N) is 1. The zero-order valence-electron chi connectivity index (χ0n) is 8.91. The Hall–Kier alpha value is -0.770. The Morgan fingerprint density at radius 3 is 2.87 bits per heavy atom. The van der Waals surface area contributed by atoms with Crippen LogP contribution in [-0.2, 0) is 0 Å². The van der Waals surface area contributed by atoms with Crippen molar-refractivity contribution < 1.29 is 0 Å². The molecule has 3 nitrogen and oxygen atoms in total. The summed E-state index contributed by atoms with van der Waals surface area (Å²) in [5.41, 5.74) is 6.75. The standard InChI is InChI=1S/C11H16BrN3/c1-2-5-15(9-3-4-9)11-10(13)6-8(12)7-14-11/h6-7,9H,2-5,13H2,1H3. The van der Waals surface area contributed by atoms with Crippen molar-refractivity contribution >= 4 is 27.4 Å². The molecule has 0 amide bonds. The highest BCUT2D eigenvalue weighted by atomic mass is 79.9. The molecule has 1 fully saturated rings. The van der Waals surface area contributed by atoms with Crippen LogP contribution in [-0.4, -0.2) is 17.6 Å². The van der Waals surface area contributed by atoms with Crippen molar-refractivity contribution in [2.75, 3.05) is 17.2 Å². The van der Waals surface area contributed by atoms with Gasteiger partial charge in [-0.15, -0.1) is 0 Å². The van der Waals surface area contributed by atoms with Gasteiger partial charge in [0.05, 0.1) is 5.69 Å². The summed E-state index contributed by atoms with van der Waals surface area (Å²) in [6.45, 7) is 3.23. The molecule has 1 aromatic heterocycles. The molecule has 1 aliphatic rings. The molecule has 2 N–H and O–H groups in total. The van der Waals surface area contributed by atoms with Gasteiger partial charge in [-0.05, 0) is 41.3 Å². The SMILES string of the molecule is CCCN(c1ncc(Br)cc1N)C1CC1. The Kier molecular flexibility index (Phi) is 3.14.